The van der Waals surface area contributed by atoms with E-state index in [-0.39, 0.29) is 5.88 Å². The molecule has 8 heavy (non-hydrogen) atoms. The number of rotatable bonds is 1. The van der Waals surface area contributed by atoms with Crippen LogP contribution in [0.25, 0.3) is 0 Å². The summed E-state index contributed by atoms with van der Waals surface area (Å²) >= 11 is 1.40. The van der Waals surface area contributed by atoms with Gasteiger partial charge in [0.25, 0.3) is 5.88 Å². The highest BCUT2D eigenvalue weighted by Gasteiger charge is 1.96. The SMILES string of the molecule is CSc1cc(O)no1. The third-order valence-corrected chi connectivity index (χ3v) is 1.27. The highest BCUT2D eigenvalue weighted by molar-refractivity contribution is 7.98. The largest absolute Gasteiger partial charge is 0.491 e. The lowest BCUT2D eigenvalue weighted by molar-refractivity contribution is 0.319. The first-order valence-corrected chi connectivity index (χ1v) is 3.25. The van der Waals surface area contributed by atoms with Crippen molar-refractivity contribution in [3.63, 3.8) is 0 Å². The summed E-state index contributed by atoms with van der Waals surface area (Å²) in [6.07, 6.45) is 1.85. The Morgan fingerprint density at radius 3 is 2.88 bits per heavy atom. The molecule has 0 aromatic carbocycles. The zero-order valence-corrected chi connectivity index (χ0v) is 5.10. The number of hydrogen-bond donors (Lipinski definition) is 1. The topological polar surface area (TPSA) is 46.3 Å². The van der Waals surface area contributed by atoms with Crippen molar-refractivity contribution in [3.05, 3.63) is 6.07 Å². The molecule has 0 saturated carbocycles. The van der Waals surface area contributed by atoms with Crippen LogP contribution in [0.2, 0.25) is 0 Å². The third-order valence-electron chi connectivity index (χ3n) is 0.677. The number of thioether (sulfide) groups is 1. The smallest absolute Gasteiger partial charge is 0.252 e. The lowest BCUT2D eigenvalue weighted by atomic mass is 10.7. The standard InChI is InChI=1S/C4H5NO2S/c1-8-4-2-3(6)5-7-4/h2H,1H3,(H,5,6). The summed E-state index contributed by atoms with van der Waals surface area (Å²) < 4.78 is 4.58. The van der Waals surface area contributed by atoms with Crippen molar-refractivity contribution in [1.29, 1.82) is 0 Å². The van der Waals surface area contributed by atoms with E-state index in [1.165, 1.54) is 17.8 Å². The fourth-order valence-corrected chi connectivity index (χ4v) is 0.681. The molecule has 0 aliphatic heterocycles. The van der Waals surface area contributed by atoms with Crippen LogP contribution in [0, 0.1) is 0 Å². The Bertz CT molecular complexity index is 174. The normalized spacial score (nSPS) is 9.62. The lowest BCUT2D eigenvalue weighted by Gasteiger charge is -1.75. The summed E-state index contributed by atoms with van der Waals surface area (Å²) in [4.78, 5) is 0. The fraction of sp³-hybridized carbons (Fsp3) is 0.250. The first-order chi connectivity index (χ1) is 3.83. The average molecular weight is 131 g/mol. The van der Waals surface area contributed by atoms with Crippen LogP contribution in [0.1, 0.15) is 0 Å². The third kappa shape index (κ3) is 0.949. The van der Waals surface area contributed by atoms with Gasteiger partial charge in [-0.25, -0.2) is 0 Å². The Kier molecular flexibility index (Phi) is 1.43. The highest BCUT2D eigenvalue weighted by Crippen LogP contribution is 2.17. The molecule has 1 aromatic heterocycles. The summed E-state index contributed by atoms with van der Waals surface area (Å²) in [5.74, 6) is -0.0608. The van der Waals surface area contributed by atoms with Crippen LogP contribution < -0.4 is 0 Å². The van der Waals surface area contributed by atoms with Gasteiger partial charge in [0, 0.05) is 0 Å². The molecular weight excluding hydrogens is 126 g/mol. The van der Waals surface area contributed by atoms with Gasteiger partial charge in [-0.15, -0.1) is 0 Å². The monoisotopic (exact) mass is 131 g/mol. The van der Waals surface area contributed by atoms with Gasteiger partial charge in [-0.3, -0.25) is 0 Å². The van der Waals surface area contributed by atoms with Gasteiger partial charge in [-0.05, 0) is 11.4 Å². The maximum absolute atomic E-state index is 8.57. The van der Waals surface area contributed by atoms with Gasteiger partial charge in [0.15, 0.2) is 5.09 Å². The molecule has 0 aliphatic carbocycles. The molecule has 0 fully saturated rings. The summed E-state index contributed by atoms with van der Waals surface area (Å²) in [6, 6.07) is 1.46. The van der Waals surface area contributed by atoms with Crippen molar-refractivity contribution < 1.29 is 9.63 Å². The number of aromatic hydroxyl groups is 1. The van der Waals surface area contributed by atoms with Crippen LogP contribution >= 0.6 is 11.8 Å². The predicted octanol–water partition coefficient (Wildman–Crippen LogP) is 1.10. The van der Waals surface area contributed by atoms with E-state index >= 15 is 0 Å². The molecule has 1 rings (SSSR count). The quantitative estimate of drug-likeness (QED) is 0.580. The molecule has 1 heterocycles. The molecule has 0 saturated heterocycles. The van der Waals surface area contributed by atoms with E-state index < -0.39 is 0 Å². The first kappa shape index (κ1) is 5.50. The van der Waals surface area contributed by atoms with Crippen molar-refractivity contribution in [2.75, 3.05) is 6.26 Å². The summed E-state index contributed by atoms with van der Waals surface area (Å²) in [6.45, 7) is 0. The zero-order valence-electron chi connectivity index (χ0n) is 4.29. The molecule has 0 bridgehead atoms. The molecule has 0 aliphatic rings. The maximum Gasteiger partial charge on any atom is 0.252 e. The molecular formula is C4H5NO2S. The van der Waals surface area contributed by atoms with Gasteiger partial charge < -0.3 is 9.63 Å². The molecule has 0 atom stereocenters. The van der Waals surface area contributed by atoms with Crippen LogP contribution in [-0.2, 0) is 0 Å². The van der Waals surface area contributed by atoms with Gasteiger partial charge in [-0.1, -0.05) is 11.8 Å². The van der Waals surface area contributed by atoms with E-state index in [4.69, 9.17) is 5.11 Å². The van der Waals surface area contributed by atoms with Crippen molar-refractivity contribution >= 4 is 11.8 Å². The second-order valence-corrected chi connectivity index (χ2v) is 2.02. The summed E-state index contributed by atoms with van der Waals surface area (Å²) in [5.41, 5.74) is 0. The van der Waals surface area contributed by atoms with Crippen LogP contribution in [0.5, 0.6) is 5.88 Å². The molecule has 0 radical (unpaired) electrons. The molecule has 4 heteroatoms. The minimum absolute atomic E-state index is 0.0608. The van der Waals surface area contributed by atoms with Crippen LogP contribution in [0.4, 0.5) is 0 Å². The summed E-state index contributed by atoms with van der Waals surface area (Å²) in [7, 11) is 0. The van der Waals surface area contributed by atoms with E-state index in [9.17, 15) is 0 Å². The van der Waals surface area contributed by atoms with E-state index in [0.717, 1.165) is 0 Å². The van der Waals surface area contributed by atoms with Gasteiger partial charge in [0.1, 0.15) is 0 Å². The number of hydrogen-bond acceptors (Lipinski definition) is 4. The molecule has 1 N–H and O–H groups in total. The predicted molar refractivity (Wildman–Crippen MR) is 29.9 cm³/mol. The van der Waals surface area contributed by atoms with E-state index in [1.807, 2.05) is 6.26 Å². The number of nitrogens with zero attached hydrogens (tertiary/aromatic N) is 1. The van der Waals surface area contributed by atoms with E-state index in [1.54, 1.807) is 0 Å². The Morgan fingerprint density at radius 2 is 2.62 bits per heavy atom. The molecule has 3 nitrogen and oxygen atoms in total. The summed E-state index contributed by atoms with van der Waals surface area (Å²) in [5, 5.41) is 12.4. The van der Waals surface area contributed by atoms with Gasteiger partial charge >= 0.3 is 0 Å². The van der Waals surface area contributed by atoms with Crippen molar-refractivity contribution in [1.82, 2.24) is 5.16 Å². The van der Waals surface area contributed by atoms with Crippen molar-refractivity contribution in [2.45, 2.75) is 5.09 Å². The fourth-order valence-electron chi connectivity index (χ4n) is 0.346. The second kappa shape index (κ2) is 2.09. The van der Waals surface area contributed by atoms with Crippen LogP contribution in [0.3, 0.4) is 0 Å². The van der Waals surface area contributed by atoms with Crippen molar-refractivity contribution in [3.8, 4) is 5.88 Å². The Hall–Kier alpha value is -0.640. The lowest BCUT2D eigenvalue weighted by Crippen LogP contribution is -1.52. The van der Waals surface area contributed by atoms with E-state index in [0.29, 0.717) is 5.09 Å². The molecule has 0 spiro atoms. The molecule has 44 valence electrons. The van der Waals surface area contributed by atoms with Crippen molar-refractivity contribution in [2.24, 2.45) is 0 Å². The minimum Gasteiger partial charge on any atom is -0.491 e. The highest BCUT2D eigenvalue weighted by atomic mass is 32.2. The second-order valence-electron chi connectivity index (χ2n) is 1.21. The Labute approximate surface area is 50.7 Å². The first-order valence-electron chi connectivity index (χ1n) is 2.02. The Balaban J connectivity index is 2.84. The molecule has 0 amide bonds. The Morgan fingerprint density at radius 1 is 1.88 bits per heavy atom. The van der Waals surface area contributed by atoms with E-state index in [2.05, 4.69) is 9.68 Å². The number of aromatic nitrogens is 1. The molecule has 1 aromatic rings. The van der Waals surface area contributed by atoms with Gasteiger partial charge in [0.2, 0.25) is 0 Å². The zero-order chi connectivity index (χ0) is 5.98. The van der Waals surface area contributed by atoms with Gasteiger partial charge in [-0.2, -0.15) is 0 Å². The van der Waals surface area contributed by atoms with Gasteiger partial charge in [0.05, 0.1) is 6.07 Å². The molecule has 0 unspecified atom stereocenters. The van der Waals surface area contributed by atoms with Crippen LogP contribution in [-0.4, -0.2) is 16.5 Å². The maximum atomic E-state index is 8.57. The van der Waals surface area contributed by atoms with Crippen LogP contribution in [0.15, 0.2) is 15.7 Å². The minimum atomic E-state index is -0.0608. The average Bonchev–Trinajstić information content (AvgIpc) is 2.14.